The van der Waals surface area contributed by atoms with Gasteiger partial charge >= 0.3 is 5.97 Å². The van der Waals surface area contributed by atoms with Crippen LogP contribution in [-0.4, -0.2) is 20.6 Å². The highest BCUT2D eigenvalue weighted by atomic mass is 19.1. The number of imidazole rings is 1. The monoisotopic (exact) mass is 289 g/mol. The van der Waals surface area contributed by atoms with Gasteiger partial charge in [0.15, 0.2) is 6.04 Å². The van der Waals surface area contributed by atoms with Gasteiger partial charge in [-0.05, 0) is 43.5 Å². The number of carbonyl (C=O) groups is 1. The Hall–Kier alpha value is -2.37. The van der Waals surface area contributed by atoms with Crippen molar-refractivity contribution in [3.63, 3.8) is 0 Å². The van der Waals surface area contributed by atoms with Gasteiger partial charge in [-0.2, -0.15) is 0 Å². The highest BCUT2D eigenvalue weighted by molar-refractivity contribution is 5.78. The molecule has 2 N–H and O–H groups in total. The molecule has 3 rings (SSSR count). The summed E-state index contributed by atoms with van der Waals surface area (Å²) in [6.07, 6.45) is 5.28. The van der Waals surface area contributed by atoms with Gasteiger partial charge in [-0.15, -0.1) is 0 Å². The first-order valence-electron chi connectivity index (χ1n) is 6.83. The van der Waals surface area contributed by atoms with Crippen LogP contribution < -0.4 is 5.32 Å². The Morgan fingerprint density at radius 2 is 2.24 bits per heavy atom. The molecule has 1 fully saturated rings. The fourth-order valence-corrected chi connectivity index (χ4v) is 2.44. The van der Waals surface area contributed by atoms with Crippen molar-refractivity contribution in [2.24, 2.45) is 0 Å². The number of hydrogen-bond acceptors (Lipinski definition) is 3. The minimum absolute atomic E-state index is 0.334. The number of carboxylic acids is 1. The van der Waals surface area contributed by atoms with E-state index in [1.807, 2.05) is 4.57 Å². The number of nitrogens with one attached hydrogen (secondary N) is 1. The maximum absolute atomic E-state index is 13.4. The average Bonchev–Trinajstić information content (AvgIpc) is 3.13. The molecule has 1 unspecified atom stereocenters. The maximum Gasteiger partial charge on any atom is 0.332 e. The van der Waals surface area contributed by atoms with Gasteiger partial charge < -0.3 is 15.0 Å². The smallest absolute Gasteiger partial charge is 0.332 e. The Morgan fingerprint density at radius 3 is 2.86 bits per heavy atom. The lowest BCUT2D eigenvalue weighted by Crippen LogP contribution is -2.23. The van der Waals surface area contributed by atoms with Crippen molar-refractivity contribution >= 4 is 11.7 Å². The molecule has 1 aliphatic rings. The van der Waals surface area contributed by atoms with Crippen LogP contribution >= 0.6 is 0 Å². The van der Waals surface area contributed by atoms with Crippen LogP contribution in [0.15, 0.2) is 30.7 Å². The van der Waals surface area contributed by atoms with Gasteiger partial charge in [0.25, 0.3) is 0 Å². The van der Waals surface area contributed by atoms with Crippen molar-refractivity contribution in [2.75, 3.05) is 5.32 Å². The van der Waals surface area contributed by atoms with E-state index < -0.39 is 17.8 Å². The summed E-state index contributed by atoms with van der Waals surface area (Å²) in [5, 5.41) is 12.4. The summed E-state index contributed by atoms with van der Waals surface area (Å²) in [7, 11) is 0. The fraction of sp³-hybridized carbons (Fsp3) is 0.333. The van der Waals surface area contributed by atoms with E-state index in [4.69, 9.17) is 0 Å². The van der Waals surface area contributed by atoms with Crippen molar-refractivity contribution in [1.29, 1.82) is 0 Å². The van der Waals surface area contributed by atoms with E-state index >= 15 is 0 Å². The van der Waals surface area contributed by atoms with Crippen molar-refractivity contribution in [3.05, 3.63) is 47.8 Å². The third-order valence-electron chi connectivity index (χ3n) is 3.53. The van der Waals surface area contributed by atoms with E-state index in [2.05, 4.69) is 10.3 Å². The molecule has 1 saturated carbocycles. The highest BCUT2D eigenvalue weighted by Crippen LogP contribution is 2.37. The van der Waals surface area contributed by atoms with Crippen LogP contribution in [0.4, 0.5) is 10.1 Å². The van der Waals surface area contributed by atoms with Crippen LogP contribution in [0.25, 0.3) is 0 Å². The quantitative estimate of drug-likeness (QED) is 0.888. The minimum Gasteiger partial charge on any atom is -0.479 e. The van der Waals surface area contributed by atoms with Crippen LogP contribution in [0.3, 0.4) is 0 Å². The van der Waals surface area contributed by atoms with Gasteiger partial charge in [0.1, 0.15) is 5.82 Å². The fourth-order valence-electron chi connectivity index (χ4n) is 2.44. The molecule has 1 aromatic carbocycles. The number of carboxylic acid groups (broad SMARTS) is 1. The molecule has 0 spiro atoms. The molecule has 5 nitrogen and oxygen atoms in total. The first kappa shape index (κ1) is 13.6. The van der Waals surface area contributed by atoms with Crippen LogP contribution in [0.2, 0.25) is 0 Å². The molecule has 0 amide bonds. The summed E-state index contributed by atoms with van der Waals surface area (Å²) >= 11 is 0. The second-order valence-corrected chi connectivity index (χ2v) is 5.39. The third kappa shape index (κ3) is 2.89. The Kier molecular flexibility index (Phi) is 3.37. The third-order valence-corrected chi connectivity index (χ3v) is 3.53. The molecule has 110 valence electrons. The van der Waals surface area contributed by atoms with Gasteiger partial charge in [-0.3, -0.25) is 0 Å². The van der Waals surface area contributed by atoms with Crippen molar-refractivity contribution < 1.29 is 14.3 Å². The Balaban J connectivity index is 1.91. The van der Waals surface area contributed by atoms with Gasteiger partial charge in [0.2, 0.25) is 0 Å². The zero-order valence-electron chi connectivity index (χ0n) is 11.6. The molecule has 1 aliphatic carbocycles. The highest BCUT2D eigenvalue weighted by Gasteiger charge is 2.30. The normalized spacial score (nSPS) is 15.7. The van der Waals surface area contributed by atoms with Gasteiger partial charge in [0.05, 0.1) is 18.2 Å². The molecule has 1 atom stereocenters. The van der Waals surface area contributed by atoms with Crippen LogP contribution in [0.5, 0.6) is 0 Å². The molecule has 2 aromatic rings. The Morgan fingerprint density at radius 1 is 1.48 bits per heavy atom. The van der Waals surface area contributed by atoms with E-state index in [1.54, 1.807) is 25.5 Å². The lowest BCUT2D eigenvalue weighted by molar-refractivity contribution is -0.138. The van der Waals surface area contributed by atoms with Crippen molar-refractivity contribution in [1.82, 2.24) is 9.55 Å². The van der Waals surface area contributed by atoms with Crippen LogP contribution in [0, 0.1) is 12.7 Å². The number of anilines is 1. The summed E-state index contributed by atoms with van der Waals surface area (Å²) in [6.45, 7) is 1.76. The van der Waals surface area contributed by atoms with Gasteiger partial charge in [0, 0.05) is 11.7 Å². The molecule has 1 aromatic heterocycles. The van der Waals surface area contributed by atoms with Crippen LogP contribution in [-0.2, 0) is 4.79 Å². The molecule has 0 bridgehead atoms. The molecule has 0 radical (unpaired) electrons. The van der Waals surface area contributed by atoms with E-state index in [9.17, 15) is 14.3 Å². The number of nitrogens with zero attached hydrogens (tertiary/aromatic N) is 2. The number of halogens is 1. The number of aliphatic carboxylic acids is 1. The first-order valence-corrected chi connectivity index (χ1v) is 6.83. The number of hydrogen-bond donors (Lipinski definition) is 2. The van der Waals surface area contributed by atoms with E-state index in [0.29, 0.717) is 17.4 Å². The van der Waals surface area contributed by atoms with Gasteiger partial charge in [-0.1, -0.05) is 0 Å². The van der Waals surface area contributed by atoms with E-state index in [-0.39, 0.29) is 0 Å². The zero-order valence-corrected chi connectivity index (χ0v) is 11.6. The summed E-state index contributed by atoms with van der Waals surface area (Å²) in [5.41, 5.74) is 1.77. The number of benzene rings is 1. The Labute approximate surface area is 121 Å². The molecule has 1 heterocycles. The lowest BCUT2D eigenvalue weighted by Gasteiger charge is -2.18. The molecule has 0 aliphatic heterocycles. The summed E-state index contributed by atoms with van der Waals surface area (Å²) in [6, 6.07) is 3.79. The van der Waals surface area contributed by atoms with Gasteiger partial charge in [-0.25, -0.2) is 14.2 Å². The summed E-state index contributed by atoms with van der Waals surface area (Å²) in [5.74, 6) is -1.41. The molecule has 6 heteroatoms. The van der Waals surface area contributed by atoms with Crippen molar-refractivity contribution in [3.8, 4) is 0 Å². The van der Waals surface area contributed by atoms with Crippen LogP contribution in [0.1, 0.15) is 36.2 Å². The standard InChI is InChI=1S/C15H16FN3O2/c1-9-4-10(16)6-11(5-9)18-14(15(20)21)13-7-17-8-19(13)12-2-3-12/h4-8,12,14,18H,2-3H2,1H3,(H,20,21). The molecule has 21 heavy (non-hydrogen) atoms. The van der Waals surface area contributed by atoms with Crippen molar-refractivity contribution in [2.45, 2.75) is 31.8 Å². The molecule has 0 saturated heterocycles. The molecular formula is C15H16FN3O2. The second-order valence-electron chi connectivity index (χ2n) is 5.39. The number of aromatic nitrogens is 2. The average molecular weight is 289 g/mol. The Bertz CT molecular complexity index is 659. The summed E-state index contributed by atoms with van der Waals surface area (Å²) in [4.78, 5) is 15.6. The summed E-state index contributed by atoms with van der Waals surface area (Å²) < 4.78 is 15.3. The molecular weight excluding hydrogens is 273 g/mol. The lowest BCUT2D eigenvalue weighted by atomic mass is 10.1. The number of rotatable bonds is 5. The predicted octanol–water partition coefficient (Wildman–Crippen LogP) is 2.90. The SMILES string of the molecule is Cc1cc(F)cc(NC(C(=O)O)c2cncn2C2CC2)c1. The maximum atomic E-state index is 13.4. The van der Waals surface area contributed by atoms with E-state index in [1.165, 1.54) is 12.1 Å². The number of aryl methyl sites for hydroxylation is 1. The minimum atomic E-state index is -1.01. The second kappa shape index (κ2) is 5.20. The first-order chi connectivity index (χ1) is 10.0. The largest absolute Gasteiger partial charge is 0.479 e. The topological polar surface area (TPSA) is 67.2 Å². The predicted molar refractivity (Wildman–Crippen MR) is 75.6 cm³/mol. The van der Waals surface area contributed by atoms with E-state index in [0.717, 1.165) is 18.4 Å². The zero-order chi connectivity index (χ0) is 15.0.